The number of imide groups is 1. The maximum atomic E-state index is 15.0. The molecule has 1 unspecified atom stereocenters. The van der Waals surface area contributed by atoms with Gasteiger partial charge in [-0.25, -0.2) is 9.51 Å². The van der Waals surface area contributed by atoms with Gasteiger partial charge < -0.3 is 40.9 Å². The van der Waals surface area contributed by atoms with Crippen molar-refractivity contribution in [3.8, 4) is 11.8 Å². The van der Waals surface area contributed by atoms with E-state index in [-0.39, 0.29) is 86.1 Å². The second-order valence-electron chi connectivity index (χ2n) is 19.9. The van der Waals surface area contributed by atoms with Crippen molar-refractivity contribution in [1.82, 2.24) is 35.6 Å². The number of rotatable bonds is 19. The predicted octanol–water partition coefficient (Wildman–Crippen LogP) is 5.80. The summed E-state index contributed by atoms with van der Waals surface area (Å²) in [5, 5.41) is 8.94. The van der Waals surface area contributed by atoms with Gasteiger partial charge in [0.15, 0.2) is 0 Å². The summed E-state index contributed by atoms with van der Waals surface area (Å²) in [7, 11) is -3.40. The fourth-order valence-electron chi connectivity index (χ4n) is 10.5. The molecule has 24 heteroatoms. The number of primary amides is 1. The van der Waals surface area contributed by atoms with Crippen LogP contribution in [0.5, 0.6) is 0 Å². The summed E-state index contributed by atoms with van der Waals surface area (Å²) >= 11 is 2.36. The highest BCUT2D eigenvalue weighted by Crippen LogP contribution is 2.43. The number of nitrogens with zero attached hydrogens (tertiary/aromatic N) is 4. The zero-order valence-corrected chi connectivity index (χ0v) is 45.2. The lowest BCUT2D eigenvalue weighted by molar-refractivity contribution is -0.189. The number of unbranched alkanes of at least 4 members (excludes halogenated alkanes) is 3. The van der Waals surface area contributed by atoms with Crippen molar-refractivity contribution >= 4 is 88.6 Å². The van der Waals surface area contributed by atoms with Crippen LogP contribution in [0, 0.1) is 11.8 Å². The number of halogens is 2. The van der Waals surface area contributed by atoms with Gasteiger partial charge in [0.1, 0.15) is 23.1 Å². The highest BCUT2D eigenvalue weighted by molar-refractivity contribution is 7.39. The van der Waals surface area contributed by atoms with E-state index in [0.29, 0.717) is 65.8 Å². The van der Waals surface area contributed by atoms with Crippen molar-refractivity contribution in [2.45, 2.75) is 126 Å². The zero-order valence-electron chi connectivity index (χ0n) is 42.7. The Balaban J connectivity index is 0.872. The summed E-state index contributed by atoms with van der Waals surface area (Å²) in [6.45, 7) is 0.179. The first-order valence-corrected chi connectivity index (χ1v) is 28.7. The molecule has 3 aromatic carbocycles. The third-order valence-corrected chi connectivity index (χ3v) is 17.1. The molecule has 5 atom stereocenters. The Hall–Kier alpha value is -7.06. The number of hydrogen-bond donors (Lipinski definition) is 6. The molecular formula is C55H57F2N8O11PS2. The van der Waals surface area contributed by atoms with Crippen molar-refractivity contribution in [2.24, 2.45) is 5.73 Å². The summed E-state index contributed by atoms with van der Waals surface area (Å²) < 4.78 is 33.9. The Morgan fingerprint density at radius 2 is 1.76 bits per heavy atom. The van der Waals surface area contributed by atoms with E-state index in [0.717, 1.165) is 39.5 Å². The van der Waals surface area contributed by atoms with Gasteiger partial charge in [0.2, 0.25) is 35.4 Å². The van der Waals surface area contributed by atoms with E-state index in [9.17, 15) is 47.1 Å². The van der Waals surface area contributed by atoms with Crippen LogP contribution >= 0.6 is 31.3 Å². The van der Waals surface area contributed by atoms with Gasteiger partial charge in [-0.15, -0.1) is 22.7 Å². The molecule has 2 aromatic heterocycles. The second-order valence-corrected chi connectivity index (χ2v) is 22.8. The van der Waals surface area contributed by atoms with Crippen molar-refractivity contribution in [1.29, 1.82) is 0 Å². The van der Waals surface area contributed by atoms with Crippen LogP contribution in [0.4, 0.5) is 8.78 Å². The van der Waals surface area contributed by atoms with Gasteiger partial charge in [-0.1, -0.05) is 54.7 Å². The number of piperidine rings is 1. The summed E-state index contributed by atoms with van der Waals surface area (Å²) in [5.74, 6) is 2.58. The molecule has 4 aliphatic rings. The molecule has 0 radical (unpaired) electrons. The van der Waals surface area contributed by atoms with Crippen LogP contribution in [-0.2, 0) is 52.4 Å². The van der Waals surface area contributed by atoms with Gasteiger partial charge in [-0.05, 0) is 97.9 Å². The van der Waals surface area contributed by atoms with Gasteiger partial charge in [0.05, 0.1) is 16.5 Å². The van der Waals surface area contributed by atoms with Crippen molar-refractivity contribution in [3.63, 3.8) is 0 Å². The second kappa shape index (κ2) is 24.9. The van der Waals surface area contributed by atoms with Gasteiger partial charge >= 0.3 is 14.7 Å². The van der Waals surface area contributed by atoms with Gasteiger partial charge in [-0.2, -0.15) is 8.78 Å². The topological polar surface area (TPSA) is 271 Å². The van der Waals surface area contributed by atoms with E-state index in [4.69, 9.17) is 15.5 Å². The first kappa shape index (κ1) is 56.7. The number of benzene rings is 3. The van der Waals surface area contributed by atoms with E-state index in [1.807, 2.05) is 36.4 Å². The molecule has 3 fully saturated rings. The van der Waals surface area contributed by atoms with E-state index in [2.05, 4.69) is 37.3 Å². The molecule has 3 saturated heterocycles. The largest absolute Gasteiger partial charge is 0.389 e. The van der Waals surface area contributed by atoms with Crippen LogP contribution in [0.3, 0.4) is 0 Å². The van der Waals surface area contributed by atoms with Crippen LogP contribution in [0.15, 0.2) is 79.0 Å². The Kier molecular flexibility index (Phi) is 17.9. The lowest BCUT2D eigenvalue weighted by Crippen LogP contribution is -2.61. The molecule has 0 aliphatic carbocycles. The fourth-order valence-corrected chi connectivity index (χ4v) is 12.8. The normalized spacial score (nSPS) is 19.8. The first-order valence-electron chi connectivity index (χ1n) is 25.9. The van der Waals surface area contributed by atoms with Gasteiger partial charge in [0, 0.05) is 84.7 Å². The Bertz CT molecular complexity index is 3240. The highest BCUT2D eigenvalue weighted by Gasteiger charge is 2.46. The SMILES string of the molecule is NC(=O)CC[C@H](NC(=O)[C@@H]1CC[C@@H]2CCN(C(=O)CCCCCC#Cc3cccc4c3CN(C3CCC(=O)NC3=O)C4=O)C[C@H](NC(=O)c3cc4cc(C(F)(F)OP(O)O)ccc4s3)C(=O)N21)c1ncc(Cc2ccccc2)s1. The summed E-state index contributed by atoms with van der Waals surface area (Å²) in [5.41, 5.74) is 7.80. The Morgan fingerprint density at radius 1 is 0.949 bits per heavy atom. The van der Waals surface area contributed by atoms with Gasteiger partial charge in [0.25, 0.3) is 11.8 Å². The summed E-state index contributed by atoms with van der Waals surface area (Å²) in [6, 6.07) is 15.5. The molecule has 0 bridgehead atoms. The molecule has 6 heterocycles. The molecule has 7 N–H and O–H groups in total. The van der Waals surface area contributed by atoms with Crippen molar-refractivity contribution in [3.05, 3.63) is 122 Å². The number of thiazole rings is 1. The molecule has 9 rings (SSSR count). The number of nitrogens with one attached hydrogen (secondary N) is 3. The quantitative estimate of drug-likeness (QED) is 0.0248. The monoisotopic (exact) mass is 1140 g/mol. The number of fused-ring (bicyclic) bond motifs is 3. The predicted molar refractivity (Wildman–Crippen MR) is 287 cm³/mol. The average molecular weight is 1140 g/mol. The minimum absolute atomic E-state index is 0.0435. The Labute approximate surface area is 462 Å². The van der Waals surface area contributed by atoms with Crippen LogP contribution in [-0.4, -0.2) is 114 Å². The van der Waals surface area contributed by atoms with Crippen LogP contribution < -0.4 is 21.7 Å². The highest BCUT2D eigenvalue weighted by atomic mass is 32.1. The van der Waals surface area contributed by atoms with Crippen LogP contribution in [0.1, 0.15) is 135 Å². The third kappa shape index (κ3) is 13.5. The lowest BCUT2D eigenvalue weighted by Gasteiger charge is -2.39. The van der Waals surface area contributed by atoms with E-state index in [1.165, 1.54) is 33.3 Å². The molecule has 0 spiro atoms. The number of carbonyl (C=O) groups excluding carboxylic acids is 8. The number of amides is 8. The number of alkyl halides is 2. The zero-order chi connectivity index (χ0) is 56.0. The maximum Gasteiger partial charge on any atom is 0.389 e. The Morgan fingerprint density at radius 3 is 2.53 bits per heavy atom. The third-order valence-electron chi connectivity index (χ3n) is 14.5. The molecular weight excluding hydrogens is 1080 g/mol. The molecule has 414 valence electrons. The van der Waals surface area contributed by atoms with E-state index in [1.54, 1.807) is 23.2 Å². The van der Waals surface area contributed by atoms with Gasteiger partial charge in [-0.3, -0.25) is 43.7 Å². The number of nitrogens with two attached hydrogens (primary N) is 1. The molecule has 8 amide bonds. The first-order chi connectivity index (χ1) is 37.9. The summed E-state index contributed by atoms with van der Waals surface area (Å²) in [6.07, 6.45) is 2.23. The molecule has 5 aromatic rings. The minimum atomic E-state index is -4.05. The minimum Gasteiger partial charge on any atom is -0.370 e. The molecule has 4 aliphatic heterocycles. The average Bonchev–Trinajstić information content (AvgIpc) is 4.37. The smallest absolute Gasteiger partial charge is 0.370 e. The molecule has 79 heavy (non-hydrogen) atoms. The van der Waals surface area contributed by atoms with Crippen LogP contribution in [0.2, 0.25) is 0 Å². The molecule has 0 saturated carbocycles. The number of aromatic nitrogens is 1. The van der Waals surface area contributed by atoms with E-state index < -0.39 is 80.0 Å². The number of carbonyl (C=O) groups is 8. The van der Waals surface area contributed by atoms with E-state index >= 15 is 0 Å². The lowest BCUT2D eigenvalue weighted by atomic mass is 10.0. The maximum absolute atomic E-state index is 15.0. The van der Waals surface area contributed by atoms with Crippen LogP contribution in [0.25, 0.3) is 10.1 Å². The number of thiophene rings is 1. The number of hydrogen-bond acceptors (Lipinski definition) is 14. The van der Waals surface area contributed by atoms with Crippen molar-refractivity contribution < 1.29 is 61.4 Å². The summed E-state index contributed by atoms with van der Waals surface area (Å²) in [4.78, 5) is 136. The fraction of sp³-hybridized carbons (Fsp3) is 0.400. The van der Waals surface area contributed by atoms with Crippen molar-refractivity contribution in [2.75, 3.05) is 13.1 Å². The standard InChI is InChI=1S/C55H57F2N8O11PS2/c56-55(57,76-77(74)75)35-16-21-44-34(27-35)28-45(79-44)51(71)61-41-31-63(48(68)15-8-3-1-2-7-12-33-13-9-14-38-39(33)30-64(53(38)72)42-20-23-47(67)62-49(42)69)25-24-36-17-19-43(65(36)54(41)73)50(70)60-40(18-22-46(58)66)52-59-29-37(78-52)26-32-10-5-4-6-11-32/h4-6,9-11,13-14,16,21,27-29,36,40-43,74-75H,1-3,8,15,17-20,22-26,30-31H2,(H2,58,66)(H,60,70)(H,61,71)(H,62,67,69)/t36-,40+,41+,42?,43+/m1/s1. The molecule has 19 nitrogen and oxygen atoms in total.